The van der Waals surface area contributed by atoms with Crippen molar-refractivity contribution in [2.75, 3.05) is 15.9 Å². The van der Waals surface area contributed by atoms with Crippen LogP contribution in [0.3, 0.4) is 0 Å². The number of carbonyl (C=O) groups is 1. The van der Waals surface area contributed by atoms with Gasteiger partial charge in [-0.05, 0) is 55.5 Å². The second-order valence-electron chi connectivity index (χ2n) is 6.19. The van der Waals surface area contributed by atoms with Crippen LogP contribution in [0.5, 0.6) is 0 Å². The number of nitrogens with zero attached hydrogens (tertiary/aromatic N) is 1. The van der Waals surface area contributed by atoms with E-state index in [1.54, 1.807) is 29.2 Å². The van der Waals surface area contributed by atoms with E-state index < -0.39 is 10.0 Å². The summed E-state index contributed by atoms with van der Waals surface area (Å²) in [5, 5.41) is 0. The maximum atomic E-state index is 13.1. The van der Waals surface area contributed by atoms with Crippen LogP contribution >= 0.6 is 27.7 Å². The molecule has 1 heterocycles. The lowest BCUT2D eigenvalue weighted by atomic mass is 10.1. The first-order valence-corrected chi connectivity index (χ1v) is 11.5. The number of rotatable bonds is 4. The van der Waals surface area contributed by atoms with E-state index in [0.29, 0.717) is 22.3 Å². The van der Waals surface area contributed by atoms with Crippen LogP contribution in [0.2, 0.25) is 0 Å². The van der Waals surface area contributed by atoms with Gasteiger partial charge in [0.25, 0.3) is 10.0 Å². The van der Waals surface area contributed by atoms with Gasteiger partial charge < -0.3 is 4.90 Å². The third kappa shape index (κ3) is 3.63. The van der Waals surface area contributed by atoms with Gasteiger partial charge in [-0.15, -0.1) is 11.8 Å². The molecule has 5 nitrogen and oxygen atoms in total. The summed E-state index contributed by atoms with van der Waals surface area (Å²) in [5.41, 5.74) is 1.81. The molecule has 26 heavy (non-hydrogen) atoms. The predicted octanol–water partition coefficient (Wildman–Crippen LogP) is 4.27. The Morgan fingerprint density at radius 1 is 1.31 bits per heavy atom. The third-order valence-electron chi connectivity index (χ3n) is 4.27. The maximum absolute atomic E-state index is 13.1. The third-order valence-corrected chi connectivity index (χ3v) is 6.84. The Hall–Kier alpha value is -1.51. The van der Waals surface area contributed by atoms with Crippen molar-refractivity contribution >= 4 is 55.0 Å². The Balaban J connectivity index is 2.10. The molecule has 1 atom stereocenters. The number of hydrogen-bond donors (Lipinski definition) is 1. The highest BCUT2D eigenvalue weighted by Gasteiger charge is 2.35. The summed E-state index contributed by atoms with van der Waals surface area (Å²) >= 11 is 4.93. The smallest absolute Gasteiger partial charge is 0.264 e. The van der Waals surface area contributed by atoms with Crippen LogP contribution in [0, 0.1) is 0 Å². The van der Waals surface area contributed by atoms with E-state index in [1.165, 1.54) is 18.7 Å². The second-order valence-corrected chi connectivity index (χ2v) is 9.64. The molecule has 0 radical (unpaired) electrons. The van der Waals surface area contributed by atoms with E-state index in [9.17, 15) is 13.2 Å². The topological polar surface area (TPSA) is 66.5 Å². The molecule has 1 aliphatic heterocycles. The van der Waals surface area contributed by atoms with Gasteiger partial charge in [-0.1, -0.05) is 22.0 Å². The van der Waals surface area contributed by atoms with Gasteiger partial charge in [-0.25, -0.2) is 8.42 Å². The first-order valence-electron chi connectivity index (χ1n) is 8.02. The summed E-state index contributed by atoms with van der Waals surface area (Å²) < 4.78 is 29.5. The van der Waals surface area contributed by atoms with Crippen molar-refractivity contribution in [2.24, 2.45) is 0 Å². The lowest BCUT2D eigenvalue weighted by Crippen LogP contribution is -2.34. The fourth-order valence-electron chi connectivity index (χ4n) is 3.26. The zero-order chi connectivity index (χ0) is 19.1. The summed E-state index contributed by atoms with van der Waals surface area (Å²) in [5.74, 6) is -0.167. The standard InChI is InChI=1S/C18H19BrN2O3S2/c1-11-7-13-8-14(19)9-17(18(13)21(11)12(2)22)26(23,24)20-15-5-4-6-16(10-15)25-3/h4-6,8-11,20H,7H2,1-3H3/t11-/m0/s1. The molecule has 2 aromatic rings. The molecule has 0 saturated heterocycles. The van der Waals surface area contributed by atoms with Crippen LogP contribution in [0.1, 0.15) is 19.4 Å². The molecule has 3 rings (SSSR count). The Labute approximate surface area is 166 Å². The highest BCUT2D eigenvalue weighted by atomic mass is 79.9. The SMILES string of the molecule is CSc1cccc(NS(=O)(=O)c2cc(Br)cc3c2N(C(C)=O)[C@@H](C)C3)c1. The average molecular weight is 455 g/mol. The van der Waals surface area contributed by atoms with E-state index in [1.807, 2.05) is 25.3 Å². The largest absolute Gasteiger partial charge is 0.308 e. The molecule has 2 aromatic carbocycles. The molecule has 0 saturated carbocycles. The summed E-state index contributed by atoms with van der Waals surface area (Å²) in [6, 6.07) is 10.6. The quantitative estimate of drug-likeness (QED) is 0.700. The van der Waals surface area contributed by atoms with E-state index in [0.717, 1.165) is 10.5 Å². The molecule has 0 bridgehead atoms. The van der Waals surface area contributed by atoms with Crippen molar-refractivity contribution in [3.8, 4) is 0 Å². The number of fused-ring (bicyclic) bond motifs is 1. The number of carbonyl (C=O) groups excluding carboxylic acids is 1. The van der Waals surface area contributed by atoms with Crippen molar-refractivity contribution < 1.29 is 13.2 Å². The van der Waals surface area contributed by atoms with Gasteiger partial charge in [0.1, 0.15) is 4.90 Å². The normalized spacial score (nSPS) is 16.5. The highest BCUT2D eigenvalue weighted by Crippen LogP contribution is 2.40. The molecule has 0 aromatic heterocycles. The van der Waals surface area contributed by atoms with Crippen LogP contribution in [0.4, 0.5) is 11.4 Å². The highest BCUT2D eigenvalue weighted by molar-refractivity contribution is 9.10. The molecule has 1 aliphatic rings. The lowest BCUT2D eigenvalue weighted by Gasteiger charge is -2.23. The molecule has 1 N–H and O–H groups in total. The van der Waals surface area contributed by atoms with Gasteiger partial charge in [0, 0.05) is 28.0 Å². The Bertz CT molecular complexity index is 976. The zero-order valence-electron chi connectivity index (χ0n) is 14.6. The van der Waals surface area contributed by atoms with Gasteiger partial charge in [0.15, 0.2) is 0 Å². The van der Waals surface area contributed by atoms with Crippen molar-refractivity contribution in [1.29, 1.82) is 0 Å². The van der Waals surface area contributed by atoms with Crippen molar-refractivity contribution in [1.82, 2.24) is 0 Å². The minimum atomic E-state index is -3.86. The van der Waals surface area contributed by atoms with E-state index in [4.69, 9.17) is 0 Å². The summed E-state index contributed by atoms with van der Waals surface area (Å²) in [6.45, 7) is 3.38. The first kappa shape index (κ1) is 19.3. The van der Waals surface area contributed by atoms with Gasteiger partial charge in [-0.2, -0.15) is 0 Å². The number of thioether (sulfide) groups is 1. The van der Waals surface area contributed by atoms with Gasteiger partial charge >= 0.3 is 0 Å². The minimum Gasteiger partial charge on any atom is -0.308 e. The van der Waals surface area contributed by atoms with E-state index in [-0.39, 0.29) is 16.8 Å². The van der Waals surface area contributed by atoms with Gasteiger partial charge in [-0.3, -0.25) is 9.52 Å². The molecule has 0 aliphatic carbocycles. The van der Waals surface area contributed by atoms with Crippen LogP contribution in [-0.4, -0.2) is 26.6 Å². The number of halogens is 1. The predicted molar refractivity (Wildman–Crippen MR) is 109 cm³/mol. The molecule has 0 spiro atoms. The Morgan fingerprint density at radius 3 is 2.69 bits per heavy atom. The van der Waals surface area contributed by atoms with Crippen LogP contribution < -0.4 is 9.62 Å². The molecule has 138 valence electrons. The first-order chi connectivity index (χ1) is 12.2. The number of anilines is 2. The fourth-order valence-corrected chi connectivity index (χ4v) is 5.69. The molecule has 0 unspecified atom stereocenters. The molecule has 0 fully saturated rings. The van der Waals surface area contributed by atoms with E-state index >= 15 is 0 Å². The van der Waals surface area contributed by atoms with Gasteiger partial charge in [0.2, 0.25) is 5.91 Å². The maximum Gasteiger partial charge on any atom is 0.264 e. The Morgan fingerprint density at radius 2 is 2.04 bits per heavy atom. The molecular formula is C18H19BrN2O3S2. The Kier molecular flexibility index (Phi) is 5.37. The molecule has 1 amide bonds. The number of benzene rings is 2. The number of hydrogen-bond acceptors (Lipinski definition) is 4. The summed E-state index contributed by atoms with van der Waals surface area (Å²) in [6.07, 6.45) is 2.56. The van der Waals surface area contributed by atoms with Crippen LogP contribution in [0.25, 0.3) is 0 Å². The van der Waals surface area contributed by atoms with Gasteiger partial charge in [0.05, 0.1) is 5.69 Å². The fraction of sp³-hybridized carbons (Fsp3) is 0.278. The molecule has 8 heteroatoms. The number of nitrogens with one attached hydrogen (secondary N) is 1. The van der Waals surface area contributed by atoms with Crippen molar-refractivity contribution in [2.45, 2.75) is 36.1 Å². The summed E-state index contributed by atoms with van der Waals surface area (Å²) in [7, 11) is -3.86. The van der Waals surface area contributed by atoms with Crippen molar-refractivity contribution in [3.05, 3.63) is 46.4 Å². The zero-order valence-corrected chi connectivity index (χ0v) is 17.8. The minimum absolute atomic E-state index is 0.0782. The van der Waals surface area contributed by atoms with Crippen molar-refractivity contribution in [3.63, 3.8) is 0 Å². The number of sulfonamides is 1. The van der Waals surface area contributed by atoms with Crippen LogP contribution in [-0.2, 0) is 21.2 Å². The number of amides is 1. The lowest BCUT2D eigenvalue weighted by molar-refractivity contribution is -0.116. The van der Waals surface area contributed by atoms with E-state index in [2.05, 4.69) is 20.7 Å². The second kappa shape index (κ2) is 7.25. The average Bonchev–Trinajstić information content (AvgIpc) is 2.89. The van der Waals surface area contributed by atoms with Crippen LogP contribution in [0.15, 0.2) is 50.7 Å². The molecular weight excluding hydrogens is 436 g/mol. The summed E-state index contributed by atoms with van der Waals surface area (Å²) in [4.78, 5) is 14.8. The monoisotopic (exact) mass is 454 g/mol.